The van der Waals surface area contributed by atoms with Crippen LogP contribution in [0.5, 0.6) is 11.5 Å². The van der Waals surface area contributed by atoms with E-state index in [0.29, 0.717) is 62.2 Å². The summed E-state index contributed by atoms with van der Waals surface area (Å²) in [5, 5.41) is 6.70. The maximum absolute atomic E-state index is 12.9. The standard InChI is InChI=1S/C43H46N2O12S2.Na/c1-22-17-24(3)40(26(5)37(22)42(46)56-9)44-28-11-14-31(34(19-28)54-7)39(33-16-13-30(58(48,49)50)21-36(33)59(51,52)53)32-15-12-29(20-35(32)55-8)45-41-25(4)18-23(2)38(27(41)6)43(47)57-10;/h11-21,39,44-45H,1-10H3,(H,48,49,50)(H,51,52,53);/q;+1/p-2. The molecule has 0 heterocycles. The number of carbonyl (C=O) groups is 2. The first-order chi connectivity index (χ1) is 27.7. The Balaban J connectivity index is 0.00000794. The number of ether oxygens (including phenoxy) is 4. The van der Waals surface area contributed by atoms with E-state index in [1.165, 1.54) is 28.4 Å². The quantitative estimate of drug-likeness (QED) is 0.0717. The molecule has 0 unspecified atom stereocenters. The van der Waals surface area contributed by atoms with Crippen molar-refractivity contribution in [2.75, 3.05) is 39.1 Å². The predicted molar refractivity (Wildman–Crippen MR) is 220 cm³/mol. The fraction of sp³-hybridized carbons (Fsp3) is 0.256. The molecule has 0 aliphatic carbocycles. The molecule has 5 aromatic carbocycles. The third kappa shape index (κ3) is 9.65. The topological polar surface area (TPSA) is 210 Å². The maximum atomic E-state index is 12.9. The van der Waals surface area contributed by atoms with Gasteiger partial charge in [-0.05, 0) is 105 Å². The van der Waals surface area contributed by atoms with Crippen LogP contribution >= 0.6 is 0 Å². The number of hydrogen-bond donors (Lipinski definition) is 2. The van der Waals surface area contributed by atoms with Crippen molar-refractivity contribution in [3.05, 3.63) is 128 Å². The molecule has 17 heteroatoms. The number of hydrogen-bond acceptors (Lipinski definition) is 14. The van der Waals surface area contributed by atoms with Gasteiger partial charge in [0.2, 0.25) is 0 Å². The molecule has 0 radical (unpaired) electrons. The van der Waals surface area contributed by atoms with Crippen molar-refractivity contribution in [3.8, 4) is 11.5 Å². The zero-order chi connectivity index (χ0) is 43.7. The Labute approximate surface area is 372 Å². The van der Waals surface area contributed by atoms with E-state index in [-0.39, 0.29) is 46.6 Å². The molecule has 0 aromatic heterocycles. The fourth-order valence-corrected chi connectivity index (χ4v) is 8.88. The van der Waals surface area contributed by atoms with Crippen LogP contribution in [-0.2, 0) is 29.7 Å². The van der Waals surface area contributed by atoms with Gasteiger partial charge in [0.1, 0.15) is 31.7 Å². The molecule has 5 rings (SSSR count). The Morgan fingerprint density at radius 2 is 0.950 bits per heavy atom. The minimum absolute atomic E-state index is 0. The molecule has 0 atom stereocenters. The molecular weight excluding hydrogens is 824 g/mol. The van der Waals surface area contributed by atoms with Crippen LogP contribution in [0.15, 0.2) is 76.5 Å². The molecule has 0 spiro atoms. The van der Waals surface area contributed by atoms with Crippen LogP contribution in [0.1, 0.15) is 76.7 Å². The Bertz CT molecular complexity index is 2600. The normalized spacial score (nSPS) is 11.4. The van der Waals surface area contributed by atoms with E-state index in [9.17, 15) is 35.5 Å². The molecule has 0 fully saturated rings. The number of rotatable bonds is 13. The number of carbonyl (C=O) groups excluding carboxylic acids is 2. The van der Waals surface area contributed by atoms with Gasteiger partial charge in [0.25, 0.3) is 0 Å². The molecule has 0 bridgehead atoms. The van der Waals surface area contributed by atoms with Crippen molar-refractivity contribution in [1.29, 1.82) is 0 Å². The third-order valence-electron chi connectivity index (χ3n) is 10.2. The summed E-state index contributed by atoms with van der Waals surface area (Å²) in [7, 11) is -5.17. The van der Waals surface area contributed by atoms with E-state index in [1.807, 2.05) is 39.8 Å². The molecule has 2 N–H and O–H groups in total. The number of nitrogens with one attached hydrogen (secondary N) is 2. The van der Waals surface area contributed by atoms with E-state index < -0.39 is 47.9 Å². The summed E-state index contributed by atoms with van der Waals surface area (Å²) in [6, 6.07) is 16.3. The second-order valence-corrected chi connectivity index (χ2v) is 16.7. The molecule has 0 saturated carbocycles. The number of methoxy groups -OCH3 is 4. The smallest absolute Gasteiger partial charge is 0.744 e. The van der Waals surface area contributed by atoms with Gasteiger partial charge < -0.3 is 38.7 Å². The summed E-state index contributed by atoms with van der Waals surface area (Å²) in [4.78, 5) is 23.5. The average molecular weight is 868 g/mol. The first-order valence-electron chi connectivity index (χ1n) is 18.0. The van der Waals surface area contributed by atoms with Gasteiger partial charge in [0.15, 0.2) is 0 Å². The van der Waals surface area contributed by atoms with Gasteiger partial charge in [0.05, 0.1) is 49.4 Å². The Kier molecular flexibility index (Phi) is 14.9. The van der Waals surface area contributed by atoms with Gasteiger partial charge in [0, 0.05) is 51.9 Å². The summed E-state index contributed by atoms with van der Waals surface area (Å²) >= 11 is 0. The first kappa shape index (κ1) is 47.7. The van der Waals surface area contributed by atoms with E-state index in [2.05, 4.69) is 10.6 Å². The van der Waals surface area contributed by atoms with E-state index >= 15 is 0 Å². The van der Waals surface area contributed by atoms with Crippen molar-refractivity contribution < 1.29 is 84.0 Å². The second kappa shape index (κ2) is 18.8. The van der Waals surface area contributed by atoms with Gasteiger partial charge in [-0.2, -0.15) is 0 Å². The van der Waals surface area contributed by atoms with Crippen LogP contribution in [0, 0.1) is 41.5 Å². The first-order valence-corrected chi connectivity index (χ1v) is 20.8. The zero-order valence-electron chi connectivity index (χ0n) is 35.1. The van der Waals surface area contributed by atoms with Gasteiger partial charge in [-0.3, -0.25) is 0 Å². The molecule has 0 aliphatic rings. The van der Waals surface area contributed by atoms with Crippen molar-refractivity contribution in [2.45, 2.75) is 57.3 Å². The number of benzene rings is 5. The number of aryl methyl sites for hydroxylation is 4. The van der Waals surface area contributed by atoms with Crippen LogP contribution in [0.2, 0.25) is 0 Å². The van der Waals surface area contributed by atoms with Gasteiger partial charge in [-0.15, -0.1) is 0 Å². The molecule has 0 aliphatic heterocycles. The van der Waals surface area contributed by atoms with Gasteiger partial charge >= 0.3 is 41.5 Å². The minimum atomic E-state index is -5.40. The third-order valence-corrected chi connectivity index (χ3v) is 11.9. The van der Waals surface area contributed by atoms with Crippen molar-refractivity contribution in [3.63, 3.8) is 0 Å². The molecule has 0 saturated heterocycles. The van der Waals surface area contributed by atoms with Crippen LogP contribution < -0.4 is 49.7 Å². The number of anilines is 4. The molecule has 312 valence electrons. The maximum Gasteiger partial charge on any atom is 1.00 e. The van der Waals surface area contributed by atoms with Gasteiger partial charge in [-0.25, -0.2) is 26.4 Å². The second-order valence-electron chi connectivity index (χ2n) is 14.0. The van der Waals surface area contributed by atoms with Crippen LogP contribution in [0.4, 0.5) is 22.7 Å². The molecule has 5 aromatic rings. The Morgan fingerprint density at radius 1 is 0.550 bits per heavy atom. The molecule has 60 heavy (non-hydrogen) atoms. The summed E-state index contributed by atoms with van der Waals surface area (Å²) in [5.74, 6) is -1.73. The van der Waals surface area contributed by atoms with Crippen molar-refractivity contribution in [1.82, 2.24) is 0 Å². The largest absolute Gasteiger partial charge is 1.00 e. The van der Waals surface area contributed by atoms with Crippen molar-refractivity contribution in [2.24, 2.45) is 0 Å². The molecular formula is C43H44N2NaO12S2-. The van der Waals surface area contributed by atoms with Crippen LogP contribution in [-0.4, -0.2) is 66.3 Å². The van der Waals surface area contributed by atoms with E-state index in [1.54, 1.807) is 50.2 Å². The molecule has 0 amide bonds. The summed E-state index contributed by atoms with van der Waals surface area (Å²) in [6.07, 6.45) is 0. The Hall–Kier alpha value is -4.94. The summed E-state index contributed by atoms with van der Waals surface area (Å²) in [6.45, 7) is 11.0. The number of esters is 2. The summed E-state index contributed by atoms with van der Waals surface area (Å²) in [5.41, 5.74) is 8.05. The molecule has 14 nitrogen and oxygen atoms in total. The van der Waals surface area contributed by atoms with Crippen molar-refractivity contribution >= 4 is 54.9 Å². The Morgan fingerprint density at radius 3 is 1.30 bits per heavy atom. The predicted octanol–water partition coefficient (Wildman–Crippen LogP) is 4.61. The van der Waals surface area contributed by atoms with Gasteiger partial charge in [-0.1, -0.05) is 30.3 Å². The summed E-state index contributed by atoms with van der Waals surface area (Å²) < 4.78 is 96.6. The average Bonchev–Trinajstić information content (AvgIpc) is 3.17. The monoisotopic (exact) mass is 867 g/mol. The SMILES string of the molecule is COC(=O)c1c(C)cc(C)c(Nc2ccc(C(c3ccc(Nc4c(C)cc(C)c(C(=O)OC)c4C)cc3OC)c3ccc(S(=O)(=O)[O-])cc3S(=O)(=O)[O-])c(OC)c2)c1C.[Na+]. The minimum Gasteiger partial charge on any atom is -0.744 e. The van der Waals surface area contributed by atoms with Crippen LogP contribution in [0.3, 0.4) is 0 Å². The van der Waals surface area contributed by atoms with E-state index in [0.717, 1.165) is 34.4 Å². The zero-order valence-corrected chi connectivity index (χ0v) is 38.8. The van der Waals surface area contributed by atoms with E-state index in [4.69, 9.17) is 18.9 Å². The van der Waals surface area contributed by atoms with Crippen LogP contribution in [0.25, 0.3) is 0 Å². The fourth-order valence-electron chi connectivity index (χ4n) is 7.56.